The van der Waals surface area contributed by atoms with E-state index in [2.05, 4.69) is 4.98 Å². The van der Waals surface area contributed by atoms with E-state index in [1.807, 2.05) is 0 Å². The maximum absolute atomic E-state index is 13.1. The SMILES string of the molecule is O=C(O)c1ccc(Cl)c(-c2cccc(F)c2)n1. The monoisotopic (exact) mass is 251 g/mol. The number of nitrogens with zero attached hydrogens (tertiary/aromatic N) is 1. The highest BCUT2D eigenvalue weighted by atomic mass is 35.5. The van der Waals surface area contributed by atoms with E-state index >= 15 is 0 Å². The summed E-state index contributed by atoms with van der Waals surface area (Å²) in [5.41, 5.74) is 0.567. The number of carbonyl (C=O) groups is 1. The van der Waals surface area contributed by atoms with E-state index in [1.165, 1.54) is 30.3 Å². The van der Waals surface area contributed by atoms with Crippen LogP contribution in [0.2, 0.25) is 5.02 Å². The second-order valence-electron chi connectivity index (χ2n) is 3.34. The molecule has 0 radical (unpaired) electrons. The molecule has 1 N–H and O–H groups in total. The third-order valence-electron chi connectivity index (χ3n) is 2.16. The van der Waals surface area contributed by atoms with Crippen molar-refractivity contribution < 1.29 is 14.3 Å². The van der Waals surface area contributed by atoms with Gasteiger partial charge in [-0.2, -0.15) is 0 Å². The third kappa shape index (κ3) is 2.42. The molecule has 0 unspecified atom stereocenters. The van der Waals surface area contributed by atoms with Crippen molar-refractivity contribution in [2.75, 3.05) is 0 Å². The Bertz CT molecular complexity index is 586. The Hall–Kier alpha value is -1.94. The lowest BCUT2D eigenvalue weighted by Gasteiger charge is -2.04. The van der Waals surface area contributed by atoms with Gasteiger partial charge in [-0.1, -0.05) is 23.7 Å². The highest BCUT2D eigenvalue weighted by Gasteiger charge is 2.11. The molecular weight excluding hydrogens is 245 g/mol. The molecule has 5 heteroatoms. The van der Waals surface area contributed by atoms with E-state index in [4.69, 9.17) is 16.7 Å². The minimum Gasteiger partial charge on any atom is -0.477 e. The van der Waals surface area contributed by atoms with Crippen molar-refractivity contribution in [3.8, 4) is 11.3 Å². The average molecular weight is 252 g/mol. The van der Waals surface area contributed by atoms with Crippen LogP contribution >= 0.6 is 11.6 Å². The topological polar surface area (TPSA) is 50.2 Å². The van der Waals surface area contributed by atoms with Crippen molar-refractivity contribution in [3.63, 3.8) is 0 Å². The second kappa shape index (κ2) is 4.51. The van der Waals surface area contributed by atoms with Crippen LogP contribution < -0.4 is 0 Å². The van der Waals surface area contributed by atoms with Gasteiger partial charge < -0.3 is 5.11 Å². The number of halogens is 2. The zero-order chi connectivity index (χ0) is 12.4. The van der Waals surface area contributed by atoms with Gasteiger partial charge in [0.2, 0.25) is 0 Å². The van der Waals surface area contributed by atoms with Gasteiger partial charge in [-0.3, -0.25) is 0 Å². The van der Waals surface area contributed by atoms with Crippen molar-refractivity contribution in [2.24, 2.45) is 0 Å². The van der Waals surface area contributed by atoms with Crippen molar-refractivity contribution in [2.45, 2.75) is 0 Å². The van der Waals surface area contributed by atoms with Crippen LogP contribution in [-0.4, -0.2) is 16.1 Å². The van der Waals surface area contributed by atoms with Gasteiger partial charge in [-0.25, -0.2) is 14.2 Å². The lowest BCUT2D eigenvalue weighted by molar-refractivity contribution is 0.0690. The molecule has 0 saturated heterocycles. The van der Waals surface area contributed by atoms with Crippen LogP contribution in [0.1, 0.15) is 10.5 Å². The Balaban J connectivity index is 2.58. The predicted octanol–water partition coefficient (Wildman–Crippen LogP) is 3.24. The predicted molar refractivity (Wildman–Crippen MR) is 61.6 cm³/mol. The highest BCUT2D eigenvalue weighted by Crippen LogP contribution is 2.26. The van der Waals surface area contributed by atoms with Crippen LogP contribution in [0.4, 0.5) is 4.39 Å². The van der Waals surface area contributed by atoms with E-state index in [0.717, 1.165) is 0 Å². The highest BCUT2D eigenvalue weighted by molar-refractivity contribution is 6.33. The van der Waals surface area contributed by atoms with E-state index < -0.39 is 11.8 Å². The molecule has 3 nitrogen and oxygen atoms in total. The van der Waals surface area contributed by atoms with Gasteiger partial charge in [0.1, 0.15) is 11.5 Å². The summed E-state index contributed by atoms with van der Waals surface area (Å²) in [7, 11) is 0. The van der Waals surface area contributed by atoms with Gasteiger partial charge in [-0.05, 0) is 24.3 Å². The maximum Gasteiger partial charge on any atom is 0.354 e. The Kier molecular flexibility index (Phi) is 3.06. The molecule has 0 spiro atoms. The number of pyridine rings is 1. The molecular formula is C12H7ClFNO2. The molecule has 2 aromatic rings. The van der Waals surface area contributed by atoms with Gasteiger partial charge in [0.05, 0.1) is 10.7 Å². The molecule has 86 valence electrons. The fraction of sp³-hybridized carbons (Fsp3) is 0. The lowest BCUT2D eigenvalue weighted by atomic mass is 10.1. The molecule has 1 aromatic carbocycles. The molecule has 17 heavy (non-hydrogen) atoms. The number of hydrogen-bond donors (Lipinski definition) is 1. The van der Waals surface area contributed by atoms with Crippen LogP contribution in [0.3, 0.4) is 0 Å². The summed E-state index contributed by atoms with van der Waals surface area (Å²) in [4.78, 5) is 14.7. The summed E-state index contributed by atoms with van der Waals surface area (Å²) in [6.07, 6.45) is 0. The van der Waals surface area contributed by atoms with Crippen LogP contribution in [0.15, 0.2) is 36.4 Å². The van der Waals surface area contributed by atoms with Gasteiger partial charge >= 0.3 is 5.97 Å². The summed E-state index contributed by atoms with van der Waals surface area (Å²) < 4.78 is 13.1. The van der Waals surface area contributed by atoms with Crippen LogP contribution in [0.25, 0.3) is 11.3 Å². The Morgan fingerprint density at radius 2 is 2.06 bits per heavy atom. The number of rotatable bonds is 2. The third-order valence-corrected chi connectivity index (χ3v) is 2.47. The average Bonchev–Trinajstić information content (AvgIpc) is 2.29. The summed E-state index contributed by atoms with van der Waals surface area (Å²) >= 11 is 5.91. The largest absolute Gasteiger partial charge is 0.477 e. The zero-order valence-electron chi connectivity index (χ0n) is 8.52. The van der Waals surface area contributed by atoms with E-state index in [9.17, 15) is 9.18 Å². The quantitative estimate of drug-likeness (QED) is 0.891. The molecule has 0 amide bonds. The number of carboxylic acid groups (broad SMARTS) is 1. The van der Waals surface area contributed by atoms with Crippen molar-refractivity contribution in [1.29, 1.82) is 0 Å². The molecule has 0 aliphatic carbocycles. The van der Waals surface area contributed by atoms with Crippen molar-refractivity contribution in [1.82, 2.24) is 4.98 Å². The van der Waals surface area contributed by atoms with Gasteiger partial charge in [0, 0.05) is 5.56 Å². The zero-order valence-corrected chi connectivity index (χ0v) is 9.28. The summed E-state index contributed by atoms with van der Waals surface area (Å²) in [6.45, 7) is 0. The van der Waals surface area contributed by atoms with Gasteiger partial charge in [0.15, 0.2) is 0 Å². The standard InChI is InChI=1S/C12H7ClFNO2/c13-9-4-5-10(12(16)17)15-11(9)7-2-1-3-8(14)6-7/h1-6H,(H,16,17). The Morgan fingerprint density at radius 3 is 2.71 bits per heavy atom. The fourth-order valence-electron chi connectivity index (χ4n) is 1.40. The molecule has 1 heterocycles. The lowest BCUT2D eigenvalue weighted by Crippen LogP contribution is -2.01. The normalized spacial score (nSPS) is 10.2. The first-order valence-corrected chi connectivity index (χ1v) is 5.11. The first kappa shape index (κ1) is 11.5. The van der Waals surface area contributed by atoms with Gasteiger partial charge in [0.25, 0.3) is 0 Å². The molecule has 0 aliphatic heterocycles. The van der Waals surface area contributed by atoms with E-state index in [-0.39, 0.29) is 16.4 Å². The number of benzene rings is 1. The minimum absolute atomic E-state index is 0.131. The fourth-order valence-corrected chi connectivity index (χ4v) is 1.61. The van der Waals surface area contributed by atoms with E-state index in [0.29, 0.717) is 5.56 Å². The summed E-state index contributed by atoms with van der Waals surface area (Å²) in [5.74, 6) is -1.58. The van der Waals surface area contributed by atoms with Crippen molar-refractivity contribution in [3.05, 3.63) is 52.9 Å². The summed E-state index contributed by atoms with van der Waals surface area (Å²) in [6, 6.07) is 8.39. The second-order valence-corrected chi connectivity index (χ2v) is 3.75. The van der Waals surface area contributed by atoms with Crippen LogP contribution in [-0.2, 0) is 0 Å². The number of carboxylic acids is 1. The Labute approximate surface area is 101 Å². The van der Waals surface area contributed by atoms with Crippen LogP contribution in [0, 0.1) is 5.82 Å². The smallest absolute Gasteiger partial charge is 0.354 e. The first-order valence-electron chi connectivity index (χ1n) is 4.73. The molecule has 0 fully saturated rings. The number of aromatic nitrogens is 1. The molecule has 0 saturated carbocycles. The van der Waals surface area contributed by atoms with Crippen molar-refractivity contribution >= 4 is 17.6 Å². The molecule has 0 bridgehead atoms. The summed E-state index contributed by atoms with van der Waals surface area (Å²) in [5, 5.41) is 9.10. The molecule has 0 aliphatic rings. The number of hydrogen-bond acceptors (Lipinski definition) is 2. The Morgan fingerprint density at radius 1 is 1.29 bits per heavy atom. The maximum atomic E-state index is 13.1. The molecule has 0 atom stereocenters. The first-order chi connectivity index (χ1) is 8.08. The van der Waals surface area contributed by atoms with Crippen LogP contribution in [0.5, 0.6) is 0 Å². The van der Waals surface area contributed by atoms with E-state index in [1.54, 1.807) is 6.07 Å². The molecule has 2 rings (SSSR count). The molecule has 1 aromatic heterocycles. The minimum atomic E-state index is -1.15. The number of aromatic carboxylic acids is 1. The van der Waals surface area contributed by atoms with Gasteiger partial charge in [-0.15, -0.1) is 0 Å².